The minimum atomic E-state index is 0.553. The first-order valence-corrected chi connectivity index (χ1v) is 4.55. The fraction of sp³-hybridized carbons (Fsp3) is 1.00. The van der Waals surface area contributed by atoms with Crippen molar-refractivity contribution in [2.75, 3.05) is 12.4 Å². The number of alkyl halides is 1. The molecule has 0 aliphatic heterocycles. The standard InChI is InChI=1S/C8H18ClN/c1-4-5-10-8(3)7(2)6-9/h7-8,10H,4-6H2,1-3H3. The molecule has 0 aliphatic carbocycles. The summed E-state index contributed by atoms with van der Waals surface area (Å²) in [6, 6.07) is 0.553. The molecule has 0 bridgehead atoms. The largest absolute Gasteiger partial charge is 0.314 e. The van der Waals surface area contributed by atoms with Crippen molar-refractivity contribution in [3.8, 4) is 0 Å². The van der Waals surface area contributed by atoms with Gasteiger partial charge in [-0.25, -0.2) is 0 Å². The van der Waals surface area contributed by atoms with Crippen LogP contribution in [0.3, 0.4) is 0 Å². The van der Waals surface area contributed by atoms with Gasteiger partial charge in [-0.15, -0.1) is 11.6 Å². The molecule has 62 valence electrons. The Kier molecular flexibility index (Phi) is 6.14. The molecule has 0 saturated carbocycles. The predicted octanol–water partition coefficient (Wildman–Crippen LogP) is 2.25. The molecule has 10 heavy (non-hydrogen) atoms. The van der Waals surface area contributed by atoms with E-state index in [0.29, 0.717) is 12.0 Å². The van der Waals surface area contributed by atoms with E-state index in [1.54, 1.807) is 0 Å². The summed E-state index contributed by atoms with van der Waals surface area (Å²) in [6.07, 6.45) is 1.19. The van der Waals surface area contributed by atoms with Crippen LogP contribution >= 0.6 is 11.6 Å². The maximum Gasteiger partial charge on any atom is 0.0263 e. The van der Waals surface area contributed by atoms with Crippen LogP contribution in [0, 0.1) is 5.92 Å². The molecule has 0 heterocycles. The molecule has 0 aromatic carbocycles. The highest BCUT2D eigenvalue weighted by molar-refractivity contribution is 6.18. The number of nitrogens with one attached hydrogen (secondary N) is 1. The second-order valence-corrected chi connectivity index (χ2v) is 3.18. The van der Waals surface area contributed by atoms with Crippen molar-refractivity contribution in [3.05, 3.63) is 0 Å². The van der Waals surface area contributed by atoms with E-state index in [4.69, 9.17) is 11.6 Å². The average Bonchev–Trinajstić information content (AvgIpc) is 1.98. The number of halogens is 1. The molecule has 2 unspecified atom stereocenters. The second-order valence-electron chi connectivity index (χ2n) is 2.87. The quantitative estimate of drug-likeness (QED) is 0.614. The predicted molar refractivity (Wildman–Crippen MR) is 47.6 cm³/mol. The third-order valence-electron chi connectivity index (χ3n) is 1.81. The highest BCUT2D eigenvalue weighted by atomic mass is 35.5. The molecule has 0 rings (SSSR count). The first-order valence-electron chi connectivity index (χ1n) is 4.01. The lowest BCUT2D eigenvalue weighted by Gasteiger charge is -2.18. The Morgan fingerprint density at radius 2 is 2.00 bits per heavy atom. The topological polar surface area (TPSA) is 12.0 Å². The van der Waals surface area contributed by atoms with E-state index in [-0.39, 0.29) is 0 Å². The van der Waals surface area contributed by atoms with Crippen molar-refractivity contribution in [3.63, 3.8) is 0 Å². The van der Waals surface area contributed by atoms with Crippen LogP contribution in [0.2, 0.25) is 0 Å². The van der Waals surface area contributed by atoms with Gasteiger partial charge >= 0.3 is 0 Å². The smallest absolute Gasteiger partial charge is 0.0263 e. The second kappa shape index (κ2) is 5.99. The van der Waals surface area contributed by atoms with Gasteiger partial charge in [-0.1, -0.05) is 13.8 Å². The van der Waals surface area contributed by atoms with Crippen molar-refractivity contribution in [1.82, 2.24) is 5.32 Å². The molecular weight excluding hydrogens is 146 g/mol. The van der Waals surface area contributed by atoms with Crippen molar-refractivity contribution < 1.29 is 0 Å². The summed E-state index contributed by atoms with van der Waals surface area (Å²) in [7, 11) is 0. The fourth-order valence-electron chi connectivity index (χ4n) is 0.707. The molecule has 0 fully saturated rings. The zero-order chi connectivity index (χ0) is 7.98. The molecule has 2 atom stereocenters. The van der Waals surface area contributed by atoms with E-state index < -0.39 is 0 Å². The molecule has 0 aliphatic rings. The Morgan fingerprint density at radius 3 is 2.40 bits per heavy atom. The molecule has 0 aromatic heterocycles. The summed E-state index contributed by atoms with van der Waals surface area (Å²) in [5, 5.41) is 3.40. The number of hydrogen-bond donors (Lipinski definition) is 1. The lowest BCUT2D eigenvalue weighted by atomic mass is 10.1. The zero-order valence-corrected chi connectivity index (χ0v) is 7.91. The Morgan fingerprint density at radius 1 is 1.40 bits per heavy atom. The van der Waals surface area contributed by atoms with Crippen molar-refractivity contribution in [2.45, 2.75) is 33.2 Å². The maximum atomic E-state index is 5.69. The minimum absolute atomic E-state index is 0.553. The first-order chi connectivity index (χ1) is 4.72. The van der Waals surface area contributed by atoms with Gasteiger partial charge in [0.2, 0.25) is 0 Å². The van der Waals surface area contributed by atoms with Crippen LogP contribution in [0.15, 0.2) is 0 Å². The van der Waals surface area contributed by atoms with Crippen LogP contribution < -0.4 is 5.32 Å². The summed E-state index contributed by atoms with van der Waals surface area (Å²) < 4.78 is 0. The molecule has 0 aromatic rings. The van der Waals surface area contributed by atoms with E-state index in [1.165, 1.54) is 6.42 Å². The fourth-order valence-corrected chi connectivity index (χ4v) is 0.974. The maximum absolute atomic E-state index is 5.69. The normalized spacial score (nSPS) is 16.8. The van der Waals surface area contributed by atoms with Gasteiger partial charge in [0, 0.05) is 11.9 Å². The monoisotopic (exact) mass is 163 g/mol. The third kappa shape index (κ3) is 4.13. The molecule has 0 amide bonds. The van der Waals surface area contributed by atoms with Gasteiger partial charge < -0.3 is 5.32 Å². The van der Waals surface area contributed by atoms with E-state index in [1.807, 2.05) is 0 Å². The van der Waals surface area contributed by atoms with Gasteiger partial charge in [0.05, 0.1) is 0 Å². The Labute approximate surface area is 69.1 Å². The van der Waals surface area contributed by atoms with Gasteiger partial charge in [0.25, 0.3) is 0 Å². The number of rotatable bonds is 5. The van der Waals surface area contributed by atoms with Crippen molar-refractivity contribution in [1.29, 1.82) is 0 Å². The summed E-state index contributed by atoms with van der Waals surface area (Å²) in [6.45, 7) is 7.62. The molecular formula is C8H18ClN. The van der Waals surface area contributed by atoms with Crippen LogP contribution in [0.4, 0.5) is 0 Å². The van der Waals surface area contributed by atoms with Crippen LogP contribution in [0.25, 0.3) is 0 Å². The van der Waals surface area contributed by atoms with Gasteiger partial charge in [0.15, 0.2) is 0 Å². The van der Waals surface area contributed by atoms with E-state index in [2.05, 4.69) is 26.1 Å². The minimum Gasteiger partial charge on any atom is -0.314 e. The average molecular weight is 164 g/mol. The Balaban J connectivity index is 3.31. The highest BCUT2D eigenvalue weighted by Crippen LogP contribution is 2.03. The van der Waals surface area contributed by atoms with Gasteiger partial charge in [-0.05, 0) is 25.8 Å². The van der Waals surface area contributed by atoms with Gasteiger partial charge in [-0.2, -0.15) is 0 Å². The molecule has 0 saturated heterocycles. The summed E-state index contributed by atoms with van der Waals surface area (Å²) >= 11 is 5.69. The molecule has 0 spiro atoms. The third-order valence-corrected chi connectivity index (χ3v) is 2.30. The lowest BCUT2D eigenvalue weighted by Crippen LogP contribution is -2.33. The summed E-state index contributed by atoms with van der Waals surface area (Å²) in [5.41, 5.74) is 0. The van der Waals surface area contributed by atoms with E-state index in [9.17, 15) is 0 Å². The molecule has 1 nitrogen and oxygen atoms in total. The van der Waals surface area contributed by atoms with Gasteiger partial charge in [-0.3, -0.25) is 0 Å². The van der Waals surface area contributed by atoms with E-state index >= 15 is 0 Å². The SMILES string of the molecule is CCCNC(C)C(C)CCl. The number of hydrogen-bond acceptors (Lipinski definition) is 1. The van der Waals surface area contributed by atoms with Crippen LogP contribution in [0.5, 0.6) is 0 Å². The van der Waals surface area contributed by atoms with Crippen LogP contribution in [-0.4, -0.2) is 18.5 Å². The highest BCUT2D eigenvalue weighted by Gasteiger charge is 2.08. The molecule has 0 radical (unpaired) electrons. The first kappa shape index (κ1) is 10.2. The van der Waals surface area contributed by atoms with Gasteiger partial charge in [0.1, 0.15) is 0 Å². The summed E-state index contributed by atoms with van der Waals surface area (Å²) in [4.78, 5) is 0. The summed E-state index contributed by atoms with van der Waals surface area (Å²) in [5.74, 6) is 1.32. The Hall–Kier alpha value is 0.250. The van der Waals surface area contributed by atoms with E-state index in [0.717, 1.165) is 12.4 Å². The van der Waals surface area contributed by atoms with Crippen molar-refractivity contribution >= 4 is 11.6 Å². The molecule has 2 heteroatoms. The van der Waals surface area contributed by atoms with Crippen LogP contribution in [-0.2, 0) is 0 Å². The van der Waals surface area contributed by atoms with Crippen molar-refractivity contribution in [2.24, 2.45) is 5.92 Å². The lowest BCUT2D eigenvalue weighted by molar-refractivity contribution is 0.431. The zero-order valence-electron chi connectivity index (χ0n) is 7.15. The Bertz CT molecular complexity index is 75.7. The van der Waals surface area contributed by atoms with Crippen LogP contribution in [0.1, 0.15) is 27.2 Å². The molecule has 1 N–H and O–H groups in total.